The largest absolute Gasteiger partial charge is 0.339 e. The lowest BCUT2D eigenvalue weighted by Gasteiger charge is -2.22. The summed E-state index contributed by atoms with van der Waals surface area (Å²) in [5, 5.41) is 0. The second-order valence-electron chi connectivity index (χ2n) is 10.3. The molecule has 0 N–H and O–H groups in total. The highest BCUT2D eigenvalue weighted by molar-refractivity contribution is 8.29. The van der Waals surface area contributed by atoms with Crippen molar-refractivity contribution in [3.63, 3.8) is 0 Å². The van der Waals surface area contributed by atoms with Crippen molar-refractivity contribution in [2.75, 3.05) is 26.2 Å². The summed E-state index contributed by atoms with van der Waals surface area (Å²) in [7, 11) is 0. The van der Waals surface area contributed by atoms with Gasteiger partial charge in [-0.25, -0.2) is 0 Å². The Morgan fingerprint density at radius 3 is 1.36 bits per heavy atom. The van der Waals surface area contributed by atoms with E-state index in [1.165, 1.54) is 9.80 Å². The zero-order chi connectivity index (χ0) is 31.6. The third-order valence-electron chi connectivity index (χ3n) is 7.35. The van der Waals surface area contributed by atoms with E-state index >= 15 is 0 Å². The third kappa shape index (κ3) is 8.56. The summed E-state index contributed by atoms with van der Waals surface area (Å²) in [5.41, 5.74) is 2.13. The Morgan fingerprint density at radius 2 is 1.02 bits per heavy atom. The van der Waals surface area contributed by atoms with E-state index in [1.54, 1.807) is 9.80 Å². The average Bonchev–Trinajstić information content (AvgIpc) is 3.47. The summed E-state index contributed by atoms with van der Waals surface area (Å²) < 4.78 is 0.728. The van der Waals surface area contributed by atoms with Crippen LogP contribution >= 0.6 is 48.0 Å². The fourth-order valence-corrected chi connectivity index (χ4v) is 7.68. The maximum Gasteiger partial charge on any atom is 0.267 e. The molecule has 44 heavy (non-hydrogen) atoms. The van der Waals surface area contributed by atoms with Gasteiger partial charge in [-0.2, -0.15) is 0 Å². The van der Waals surface area contributed by atoms with Gasteiger partial charge in [-0.3, -0.25) is 29.0 Å². The van der Waals surface area contributed by atoms with Gasteiger partial charge in [0.1, 0.15) is 8.64 Å². The predicted octanol–water partition coefficient (Wildman–Crippen LogP) is 5.58. The lowest BCUT2D eigenvalue weighted by molar-refractivity contribution is -0.132. The first kappa shape index (κ1) is 33.8. The van der Waals surface area contributed by atoms with E-state index in [0.29, 0.717) is 60.8 Å². The molecule has 2 aromatic carbocycles. The number of rotatable bonds is 14. The number of carbonyl (C=O) groups is 4. The van der Waals surface area contributed by atoms with Crippen molar-refractivity contribution < 1.29 is 19.2 Å². The molecule has 4 amide bonds. The van der Waals surface area contributed by atoms with Crippen LogP contribution < -0.4 is 0 Å². The molecule has 0 saturated carbocycles. The van der Waals surface area contributed by atoms with Crippen molar-refractivity contribution in [1.82, 2.24) is 19.6 Å². The van der Waals surface area contributed by atoms with E-state index in [-0.39, 0.29) is 46.3 Å². The van der Waals surface area contributed by atoms with Crippen LogP contribution in [0, 0.1) is 0 Å². The molecule has 2 aromatic rings. The zero-order valence-electron chi connectivity index (χ0n) is 24.9. The summed E-state index contributed by atoms with van der Waals surface area (Å²) >= 11 is 13.2. The second kappa shape index (κ2) is 16.3. The first-order chi connectivity index (χ1) is 21.2. The van der Waals surface area contributed by atoms with Crippen LogP contribution in [0.2, 0.25) is 0 Å². The number of hydrogen-bond acceptors (Lipinski definition) is 8. The van der Waals surface area contributed by atoms with Crippen molar-refractivity contribution in [2.24, 2.45) is 0 Å². The summed E-state index contributed by atoms with van der Waals surface area (Å²) in [6, 6.07) is 19.7. The Kier molecular flexibility index (Phi) is 12.5. The Bertz CT molecular complexity index is 1330. The normalized spacial score (nSPS) is 16.7. The molecule has 2 aliphatic heterocycles. The van der Waals surface area contributed by atoms with E-state index in [4.69, 9.17) is 24.4 Å². The van der Waals surface area contributed by atoms with Crippen LogP contribution in [0.25, 0.3) is 0 Å². The van der Waals surface area contributed by atoms with Gasteiger partial charge in [-0.1, -0.05) is 109 Å². The van der Waals surface area contributed by atoms with Crippen LogP contribution in [0.5, 0.6) is 0 Å². The minimum atomic E-state index is -0.334. The van der Waals surface area contributed by atoms with E-state index < -0.39 is 0 Å². The third-order valence-corrected chi connectivity index (χ3v) is 10.4. The van der Waals surface area contributed by atoms with Crippen molar-refractivity contribution in [1.29, 1.82) is 0 Å². The smallest absolute Gasteiger partial charge is 0.267 e. The van der Waals surface area contributed by atoms with Gasteiger partial charge in [0.25, 0.3) is 11.8 Å². The topological polar surface area (TPSA) is 81.2 Å². The minimum Gasteiger partial charge on any atom is -0.339 e. The molecule has 8 nitrogen and oxygen atoms in total. The number of carbonyl (C=O) groups excluding carboxylic acids is 4. The summed E-state index contributed by atoms with van der Waals surface area (Å²) in [6.07, 6.45) is 1.49. The minimum absolute atomic E-state index is 0.0169. The van der Waals surface area contributed by atoms with Crippen LogP contribution in [0.1, 0.15) is 50.7 Å². The van der Waals surface area contributed by atoms with E-state index in [0.717, 1.165) is 34.7 Å². The standard InChI is InChI=1S/C32H36N4O4S4/c1-3-33(21-23-13-7-5-8-14-23)25(37)17-11-19-35-29(39)27(43-31(35)41)28-30(40)36(32(42)44-28)20-12-18-26(38)34(4-2)22-24-15-9-6-10-16-24/h5-10,13-16H,3-4,11-12,17-22H2,1-2H3/b28-27+. The van der Waals surface area contributed by atoms with Gasteiger partial charge in [-0.15, -0.1) is 0 Å². The fourth-order valence-electron chi connectivity index (χ4n) is 4.91. The lowest BCUT2D eigenvalue weighted by atomic mass is 10.2. The van der Waals surface area contributed by atoms with Gasteiger partial charge in [0, 0.05) is 52.1 Å². The maximum atomic E-state index is 13.3. The molecule has 0 aliphatic carbocycles. The number of nitrogens with zero attached hydrogens (tertiary/aromatic N) is 4. The summed E-state index contributed by atoms with van der Waals surface area (Å²) in [5.74, 6) is -0.634. The Hall–Kier alpha value is -3.06. The highest BCUT2D eigenvalue weighted by Crippen LogP contribution is 2.42. The van der Waals surface area contributed by atoms with E-state index in [1.807, 2.05) is 74.5 Å². The first-order valence-electron chi connectivity index (χ1n) is 14.7. The highest BCUT2D eigenvalue weighted by Gasteiger charge is 2.41. The summed E-state index contributed by atoms with van der Waals surface area (Å²) in [4.78, 5) is 59.4. The number of hydrogen-bond donors (Lipinski definition) is 0. The molecule has 0 aromatic heterocycles. The maximum absolute atomic E-state index is 13.3. The van der Waals surface area contributed by atoms with Gasteiger partial charge >= 0.3 is 0 Å². The molecule has 0 spiro atoms. The van der Waals surface area contributed by atoms with Crippen molar-refractivity contribution in [3.05, 3.63) is 81.6 Å². The number of thioether (sulfide) groups is 2. The molecular formula is C32H36N4O4S4. The van der Waals surface area contributed by atoms with Crippen molar-refractivity contribution >= 4 is 80.2 Å². The molecular weight excluding hydrogens is 633 g/mol. The molecule has 0 unspecified atom stereocenters. The Morgan fingerprint density at radius 1 is 0.659 bits per heavy atom. The van der Waals surface area contributed by atoms with Gasteiger partial charge in [0.15, 0.2) is 0 Å². The number of benzene rings is 2. The van der Waals surface area contributed by atoms with Crippen LogP contribution in [-0.4, -0.2) is 78.0 Å². The molecule has 4 rings (SSSR count). The molecule has 2 aliphatic rings. The molecule has 2 heterocycles. The second-order valence-corrected chi connectivity index (χ2v) is 13.6. The lowest BCUT2D eigenvalue weighted by Crippen LogP contribution is -2.33. The van der Waals surface area contributed by atoms with E-state index in [2.05, 4.69) is 0 Å². The van der Waals surface area contributed by atoms with Gasteiger partial charge in [0.2, 0.25) is 11.8 Å². The Labute approximate surface area is 278 Å². The van der Waals surface area contributed by atoms with Crippen LogP contribution in [0.4, 0.5) is 0 Å². The van der Waals surface area contributed by atoms with Crippen molar-refractivity contribution in [2.45, 2.75) is 52.6 Å². The Balaban J connectivity index is 1.28. The molecule has 2 saturated heterocycles. The monoisotopic (exact) mass is 668 g/mol. The first-order valence-corrected chi connectivity index (χ1v) is 17.1. The molecule has 0 bridgehead atoms. The molecule has 0 radical (unpaired) electrons. The van der Waals surface area contributed by atoms with Crippen LogP contribution in [0.15, 0.2) is 70.5 Å². The van der Waals surface area contributed by atoms with Crippen molar-refractivity contribution in [3.8, 4) is 0 Å². The van der Waals surface area contributed by atoms with Crippen LogP contribution in [-0.2, 0) is 32.3 Å². The number of amides is 4. The quantitative estimate of drug-likeness (QED) is 0.191. The van der Waals surface area contributed by atoms with Gasteiger partial charge in [0.05, 0.1) is 9.81 Å². The van der Waals surface area contributed by atoms with Gasteiger partial charge < -0.3 is 9.80 Å². The predicted molar refractivity (Wildman–Crippen MR) is 184 cm³/mol. The van der Waals surface area contributed by atoms with E-state index in [9.17, 15) is 19.2 Å². The summed E-state index contributed by atoms with van der Waals surface area (Å²) in [6.45, 7) is 6.75. The zero-order valence-corrected chi connectivity index (χ0v) is 28.2. The molecule has 2 fully saturated rings. The number of thiocarbonyl (C=S) groups is 2. The molecule has 232 valence electrons. The SMILES string of the molecule is CCN(Cc1ccccc1)C(=O)CCCN1C(=O)/C(=C2\SC(=S)N(CCCC(=O)N(CC)Cc3ccccc3)C2=O)SC1=S. The highest BCUT2D eigenvalue weighted by atomic mass is 32.2. The van der Waals surface area contributed by atoms with Crippen LogP contribution in [0.3, 0.4) is 0 Å². The average molecular weight is 669 g/mol. The molecule has 0 atom stereocenters. The van der Waals surface area contributed by atoms with Gasteiger partial charge in [-0.05, 0) is 37.8 Å². The fraction of sp³-hybridized carbons (Fsp3) is 0.375. The molecule has 12 heteroatoms.